The van der Waals surface area contributed by atoms with Gasteiger partial charge in [0.2, 0.25) is 0 Å². The Hall–Kier alpha value is -2.25. The van der Waals surface area contributed by atoms with Crippen molar-refractivity contribution in [3.8, 4) is 6.07 Å². The zero-order chi connectivity index (χ0) is 18.7. The highest BCUT2D eigenvalue weighted by molar-refractivity contribution is 8.06. The molecule has 25 heavy (non-hydrogen) atoms. The topological polar surface area (TPSA) is 44.1 Å². The Morgan fingerprint density at radius 1 is 1.36 bits per heavy atom. The van der Waals surface area contributed by atoms with Crippen LogP contribution in [-0.2, 0) is 4.79 Å². The molecule has 1 aromatic carbocycles. The first-order valence-corrected chi connectivity index (χ1v) is 9.49. The summed E-state index contributed by atoms with van der Waals surface area (Å²) < 4.78 is 0. The van der Waals surface area contributed by atoms with Crippen molar-refractivity contribution in [2.45, 2.75) is 39.7 Å². The molecule has 1 saturated heterocycles. The molecular formula is C21H26N2OS. The molecule has 0 spiro atoms. The number of nitrogens with zero attached hydrogens (tertiary/aromatic N) is 2. The van der Waals surface area contributed by atoms with Crippen LogP contribution in [0.25, 0.3) is 0 Å². The van der Waals surface area contributed by atoms with Crippen molar-refractivity contribution in [1.82, 2.24) is 4.90 Å². The van der Waals surface area contributed by atoms with Gasteiger partial charge in [0.15, 0.2) is 0 Å². The van der Waals surface area contributed by atoms with E-state index in [-0.39, 0.29) is 17.5 Å². The van der Waals surface area contributed by atoms with Gasteiger partial charge in [0, 0.05) is 11.4 Å². The molecule has 0 saturated carbocycles. The fourth-order valence-corrected chi connectivity index (χ4v) is 3.18. The second kappa shape index (κ2) is 11.3. The quantitative estimate of drug-likeness (QED) is 0.392. The van der Waals surface area contributed by atoms with Crippen LogP contribution in [-0.4, -0.2) is 17.4 Å². The third-order valence-corrected chi connectivity index (χ3v) is 4.54. The third kappa shape index (κ3) is 5.95. The molecule has 132 valence electrons. The van der Waals surface area contributed by atoms with E-state index in [0.29, 0.717) is 11.4 Å². The number of benzene rings is 1. The Balaban J connectivity index is 0.00000151. The van der Waals surface area contributed by atoms with Crippen LogP contribution in [0.5, 0.6) is 0 Å². The SMILES string of the molecule is C=C(/C=C(\C#N)C(=O)N1CCCC1c1ccccc1)S/C=C\C.CC. The summed E-state index contributed by atoms with van der Waals surface area (Å²) >= 11 is 1.40. The minimum Gasteiger partial charge on any atom is -0.331 e. The van der Waals surface area contributed by atoms with Crippen LogP contribution in [0.1, 0.15) is 45.2 Å². The van der Waals surface area contributed by atoms with Gasteiger partial charge in [-0.3, -0.25) is 4.79 Å². The molecule has 1 unspecified atom stereocenters. The largest absolute Gasteiger partial charge is 0.331 e. The molecule has 4 heteroatoms. The molecule has 0 aromatic heterocycles. The van der Waals surface area contributed by atoms with Gasteiger partial charge in [0.25, 0.3) is 5.91 Å². The number of hydrogen-bond acceptors (Lipinski definition) is 3. The fraction of sp³-hybridized carbons (Fsp3) is 0.333. The van der Waals surface area contributed by atoms with Gasteiger partial charge in [-0.05, 0) is 36.8 Å². The van der Waals surface area contributed by atoms with Crippen LogP contribution in [0.4, 0.5) is 0 Å². The lowest BCUT2D eigenvalue weighted by Gasteiger charge is -2.24. The first kappa shape index (κ1) is 20.8. The first-order valence-electron chi connectivity index (χ1n) is 8.61. The van der Waals surface area contributed by atoms with Crippen molar-refractivity contribution in [1.29, 1.82) is 5.26 Å². The Bertz CT molecular complexity index is 671. The second-order valence-corrected chi connectivity index (χ2v) is 6.32. The fourth-order valence-electron chi connectivity index (χ4n) is 2.68. The molecule has 1 aromatic rings. The monoisotopic (exact) mass is 354 g/mol. The molecule has 3 nitrogen and oxygen atoms in total. The molecule has 0 N–H and O–H groups in total. The van der Waals surface area contributed by atoms with Crippen LogP contribution in [0.2, 0.25) is 0 Å². The van der Waals surface area contributed by atoms with Crippen LogP contribution in [0.3, 0.4) is 0 Å². The maximum Gasteiger partial charge on any atom is 0.265 e. The molecule has 2 rings (SSSR count). The number of carbonyl (C=O) groups is 1. The van der Waals surface area contributed by atoms with Gasteiger partial charge in [-0.2, -0.15) is 5.26 Å². The number of nitriles is 1. The highest BCUT2D eigenvalue weighted by Crippen LogP contribution is 2.33. The number of rotatable bonds is 5. The number of likely N-dealkylation sites (tertiary alicyclic amines) is 1. The van der Waals surface area contributed by atoms with Crippen molar-refractivity contribution in [2.75, 3.05) is 6.54 Å². The first-order chi connectivity index (χ1) is 12.2. The summed E-state index contributed by atoms with van der Waals surface area (Å²) in [6, 6.07) is 12.1. The standard InChI is InChI=1S/C19H20N2OS.C2H6/c1-3-12-23-15(2)13-17(14-20)19(22)21-11-7-10-18(21)16-8-5-4-6-9-16;1-2/h3-6,8-9,12-13,18H,2,7,10-11H2,1H3;1-2H3/b12-3-,17-13+;. The molecule has 0 radical (unpaired) electrons. The van der Waals surface area contributed by atoms with Crippen molar-refractivity contribution in [3.63, 3.8) is 0 Å². The molecule has 0 bridgehead atoms. The average Bonchev–Trinajstić information content (AvgIpc) is 3.16. The number of amides is 1. The van der Waals surface area contributed by atoms with Crippen LogP contribution >= 0.6 is 11.8 Å². The van der Waals surface area contributed by atoms with E-state index in [1.165, 1.54) is 11.8 Å². The van der Waals surface area contributed by atoms with Crippen LogP contribution in [0.15, 0.2) is 64.9 Å². The molecule has 1 aliphatic rings. The zero-order valence-corrected chi connectivity index (χ0v) is 16.1. The van der Waals surface area contributed by atoms with E-state index < -0.39 is 0 Å². The lowest BCUT2D eigenvalue weighted by atomic mass is 10.0. The van der Waals surface area contributed by atoms with Crippen molar-refractivity contribution < 1.29 is 4.79 Å². The van der Waals surface area contributed by atoms with Crippen LogP contribution < -0.4 is 0 Å². The second-order valence-electron chi connectivity index (χ2n) is 5.29. The molecule has 1 atom stereocenters. The van der Waals surface area contributed by atoms with E-state index in [1.54, 1.807) is 11.0 Å². The van der Waals surface area contributed by atoms with Gasteiger partial charge in [-0.15, -0.1) is 0 Å². The lowest BCUT2D eigenvalue weighted by molar-refractivity contribution is -0.127. The summed E-state index contributed by atoms with van der Waals surface area (Å²) in [6.45, 7) is 10.5. The third-order valence-electron chi connectivity index (χ3n) is 3.71. The normalized spacial score (nSPS) is 17.0. The summed E-state index contributed by atoms with van der Waals surface area (Å²) in [5.41, 5.74) is 1.27. The van der Waals surface area contributed by atoms with Gasteiger partial charge >= 0.3 is 0 Å². The van der Waals surface area contributed by atoms with Crippen molar-refractivity contribution >= 4 is 17.7 Å². The summed E-state index contributed by atoms with van der Waals surface area (Å²) in [5.74, 6) is -0.207. The van der Waals surface area contributed by atoms with Crippen molar-refractivity contribution in [3.05, 3.63) is 70.5 Å². The Labute approximate surface area is 155 Å². The van der Waals surface area contributed by atoms with E-state index in [4.69, 9.17) is 0 Å². The molecule has 1 aliphatic heterocycles. The molecule has 1 heterocycles. The van der Waals surface area contributed by atoms with Gasteiger partial charge in [-0.25, -0.2) is 0 Å². The van der Waals surface area contributed by atoms with Gasteiger partial charge in [0.05, 0.1) is 6.04 Å². The van der Waals surface area contributed by atoms with E-state index in [9.17, 15) is 10.1 Å². The van der Waals surface area contributed by atoms with Crippen LogP contribution in [0, 0.1) is 11.3 Å². The number of hydrogen-bond donors (Lipinski definition) is 0. The van der Waals surface area contributed by atoms with Gasteiger partial charge < -0.3 is 4.90 Å². The van der Waals surface area contributed by atoms with Crippen molar-refractivity contribution in [2.24, 2.45) is 0 Å². The number of thioether (sulfide) groups is 1. The molecule has 1 amide bonds. The number of allylic oxidation sites excluding steroid dienone is 2. The van der Waals surface area contributed by atoms with E-state index in [0.717, 1.165) is 18.4 Å². The summed E-state index contributed by atoms with van der Waals surface area (Å²) in [4.78, 5) is 15.2. The maximum atomic E-state index is 12.7. The predicted molar refractivity (Wildman–Crippen MR) is 107 cm³/mol. The molecular weight excluding hydrogens is 328 g/mol. The highest BCUT2D eigenvalue weighted by atomic mass is 32.2. The van der Waals surface area contributed by atoms with E-state index >= 15 is 0 Å². The van der Waals surface area contributed by atoms with Gasteiger partial charge in [0.1, 0.15) is 11.6 Å². The number of carbonyl (C=O) groups excluding carboxylic acids is 1. The molecule has 0 aliphatic carbocycles. The summed E-state index contributed by atoms with van der Waals surface area (Å²) in [6.07, 6.45) is 5.36. The average molecular weight is 355 g/mol. The van der Waals surface area contributed by atoms with E-state index in [1.807, 2.05) is 68.7 Å². The van der Waals surface area contributed by atoms with Gasteiger partial charge in [-0.1, -0.05) is 68.6 Å². The zero-order valence-electron chi connectivity index (χ0n) is 15.2. The highest BCUT2D eigenvalue weighted by Gasteiger charge is 2.31. The summed E-state index contributed by atoms with van der Waals surface area (Å²) in [7, 11) is 0. The lowest BCUT2D eigenvalue weighted by Crippen LogP contribution is -2.31. The van der Waals surface area contributed by atoms with E-state index in [2.05, 4.69) is 6.58 Å². The maximum absolute atomic E-state index is 12.7. The predicted octanol–water partition coefficient (Wildman–Crippen LogP) is 5.61. The smallest absolute Gasteiger partial charge is 0.265 e. The summed E-state index contributed by atoms with van der Waals surface area (Å²) in [5, 5.41) is 11.2. The minimum atomic E-state index is -0.207. The Morgan fingerprint density at radius 2 is 2.04 bits per heavy atom. The minimum absolute atomic E-state index is 0.0527. The Kier molecular flexibility index (Phi) is 9.42. The Morgan fingerprint density at radius 3 is 2.64 bits per heavy atom. The molecule has 1 fully saturated rings.